The second-order valence-corrected chi connectivity index (χ2v) is 4.10. The number of hydrogen-bond acceptors (Lipinski definition) is 1. The molecule has 0 unspecified atom stereocenters. The van der Waals surface area contributed by atoms with E-state index in [4.69, 9.17) is 0 Å². The molecule has 0 bridgehead atoms. The van der Waals surface area contributed by atoms with Gasteiger partial charge < -0.3 is 0 Å². The maximum absolute atomic E-state index is 12.2. The van der Waals surface area contributed by atoms with Gasteiger partial charge in [0.2, 0.25) is 0 Å². The molecule has 1 atom stereocenters. The van der Waals surface area contributed by atoms with Crippen LogP contribution in [0.15, 0.2) is 18.3 Å². The van der Waals surface area contributed by atoms with Crippen molar-refractivity contribution in [1.82, 2.24) is 4.98 Å². The smallest absolute Gasteiger partial charge is 0.251 e. The van der Waals surface area contributed by atoms with Gasteiger partial charge in [-0.05, 0) is 36.3 Å². The van der Waals surface area contributed by atoms with Crippen LogP contribution in [0.25, 0.3) is 0 Å². The molecule has 1 fully saturated rings. The minimum atomic E-state index is -4.33. The highest BCUT2D eigenvalue weighted by atomic mass is 19.4. The van der Waals surface area contributed by atoms with Crippen molar-refractivity contribution in [2.45, 2.75) is 31.9 Å². The largest absolute Gasteiger partial charge is 0.433 e. The summed E-state index contributed by atoms with van der Waals surface area (Å²) in [5.41, 5.74) is 0.0970. The van der Waals surface area contributed by atoms with Gasteiger partial charge in [-0.2, -0.15) is 13.2 Å². The summed E-state index contributed by atoms with van der Waals surface area (Å²) in [5.74, 6) is 0.975. The second-order valence-electron chi connectivity index (χ2n) is 4.10. The first-order valence-electron chi connectivity index (χ1n) is 5.01. The van der Waals surface area contributed by atoms with Gasteiger partial charge in [-0.3, -0.25) is 4.98 Å². The van der Waals surface area contributed by atoms with Crippen LogP contribution >= 0.6 is 0 Å². The van der Waals surface area contributed by atoms with Crippen LogP contribution in [0.1, 0.15) is 36.9 Å². The molecule has 0 N–H and O–H groups in total. The van der Waals surface area contributed by atoms with Crippen molar-refractivity contribution >= 4 is 0 Å². The lowest BCUT2D eigenvalue weighted by molar-refractivity contribution is -0.141. The Morgan fingerprint density at radius 1 is 1.33 bits per heavy atom. The van der Waals surface area contributed by atoms with Crippen molar-refractivity contribution < 1.29 is 13.2 Å². The predicted molar refractivity (Wildman–Crippen MR) is 50.4 cm³/mol. The Morgan fingerprint density at radius 3 is 2.40 bits per heavy atom. The number of rotatable bonds is 2. The van der Waals surface area contributed by atoms with E-state index in [1.165, 1.54) is 19.0 Å². The van der Waals surface area contributed by atoms with E-state index >= 15 is 0 Å². The van der Waals surface area contributed by atoms with Crippen LogP contribution in [-0.4, -0.2) is 4.98 Å². The number of pyridine rings is 1. The number of hydrogen-bond donors (Lipinski definition) is 0. The van der Waals surface area contributed by atoms with Gasteiger partial charge >= 0.3 is 6.18 Å². The van der Waals surface area contributed by atoms with Gasteiger partial charge in [-0.15, -0.1) is 0 Å². The van der Waals surface area contributed by atoms with Crippen LogP contribution in [-0.2, 0) is 6.18 Å². The summed E-state index contributed by atoms with van der Waals surface area (Å²) in [6, 6.07) is 2.60. The first-order valence-corrected chi connectivity index (χ1v) is 5.01. The fourth-order valence-corrected chi connectivity index (χ4v) is 1.71. The van der Waals surface area contributed by atoms with Gasteiger partial charge in [0, 0.05) is 6.20 Å². The van der Waals surface area contributed by atoms with E-state index in [1.807, 2.05) is 6.92 Å². The number of halogens is 3. The third kappa shape index (κ3) is 2.30. The number of alkyl halides is 3. The molecule has 1 aliphatic rings. The quantitative estimate of drug-likeness (QED) is 0.734. The minimum Gasteiger partial charge on any atom is -0.251 e. The monoisotopic (exact) mass is 215 g/mol. The molecule has 1 aromatic rings. The summed E-state index contributed by atoms with van der Waals surface area (Å²) in [5, 5.41) is 0. The third-order valence-electron chi connectivity index (χ3n) is 2.93. The molecular formula is C11H12F3N. The van der Waals surface area contributed by atoms with E-state index in [-0.39, 0.29) is 0 Å². The molecule has 0 amide bonds. The summed E-state index contributed by atoms with van der Waals surface area (Å²) >= 11 is 0. The molecule has 1 nitrogen and oxygen atoms in total. The molecule has 1 saturated carbocycles. The van der Waals surface area contributed by atoms with Crippen LogP contribution < -0.4 is 0 Å². The third-order valence-corrected chi connectivity index (χ3v) is 2.93. The van der Waals surface area contributed by atoms with E-state index < -0.39 is 11.9 Å². The van der Waals surface area contributed by atoms with E-state index in [0.717, 1.165) is 11.6 Å². The Balaban J connectivity index is 2.16. The topological polar surface area (TPSA) is 12.9 Å². The summed E-state index contributed by atoms with van der Waals surface area (Å²) in [6.45, 7) is 2.04. The summed E-state index contributed by atoms with van der Waals surface area (Å²) in [6.07, 6.45) is -0.614. The minimum absolute atomic E-state index is 0.333. The lowest BCUT2D eigenvalue weighted by Gasteiger charge is -2.11. The molecule has 1 aromatic heterocycles. The molecule has 1 aliphatic carbocycles. The molecule has 1 heterocycles. The van der Waals surface area contributed by atoms with Crippen molar-refractivity contribution in [3.63, 3.8) is 0 Å². The first kappa shape index (κ1) is 10.5. The zero-order valence-electron chi connectivity index (χ0n) is 8.38. The summed E-state index contributed by atoms with van der Waals surface area (Å²) < 4.78 is 36.7. The highest BCUT2D eigenvalue weighted by Gasteiger charge is 2.33. The fourth-order valence-electron chi connectivity index (χ4n) is 1.71. The van der Waals surface area contributed by atoms with Crippen molar-refractivity contribution in [2.75, 3.05) is 0 Å². The van der Waals surface area contributed by atoms with Gasteiger partial charge in [0.05, 0.1) is 0 Å². The maximum atomic E-state index is 12.2. The molecule has 4 heteroatoms. The zero-order chi connectivity index (χ0) is 11.1. The lowest BCUT2D eigenvalue weighted by atomic mass is 9.98. The highest BCUT2D eigenvalue weighted by molar-refractivity contribution is 5.21. The molecule has 0 saturated heterocycles. The Hall–Kier alpha value is -1.06. The fraction of sp³-hybridized carbons (Fsp3) is 0.545. The molecule has 0 aromatic carbocycles. The SMILES string of the molecule is C[C@@H](c1ccc(C(F)(F)F)nc1)C1CC1. The number of aromatic nitrogens is 1. The number of nitrogens with zero attached hydrogens (tertiary/aromatic N) is 1. The van der Waals surface area contributed by atoms with Crippen molar-refractivity contribution in [3.8, 4) is 0 Å². The van der Waals surface area contributed by atoms with Crippen LogP contribution in [0, 0.1) is 5.92 Å². The summed E-state index contributed by atoms with van der Waals surface area (Å²) in [4.78, 5) is 3.46. The first-order chi connectivity index (χ1) is 6.98. The standard InChI is InChI=1S/C11H12F3N/c1-7(8-2-3-8)9-4-5-10(15-6-9)11(12,13)14/h4-8H,2-3H2,1H3/t7-/m1/s1. The Kier molecular flexibility index (Phi) is 2.44. The Labute approximate surface area is 86.3 Å². The van der Waals surface area contributed by atoms with E-state index in [0.29, 0.717) is 11.8 Å². The average Bonchev–Trinajstić information content (AvgIpc) is 2.99. The molecule has 0 aliphatic heterocycles. The van der Waals surface area contributed by atoms with Crippen molar-refractivity contribution in [1.29, 1.82) is 0 Å². The van der Waals surface area contributed by atoms with E-state index in [9.17, 15) is 13.2 Å². The lowest BCUT2D eigenvalue weighted by Crippen LogP contribution is -2.08. The van der Waals surface area contributed by atoms with E-state index in [1.54, 1.807) is 6.07 Å². The Bertz CT molecular complexity index is 338. The van der Waals surface area contributed by atoms with Crippen LogP contribution in [0.3, 0.4) is 0 Å². The molecule has 0 radical (unpaired) electrons. The van der Waals surface area contributed by atoms with Gasteiger partial charge in [0.25, 0.3) is 0 Å². The summed E-state index contributed by atoms with van der Waals surface area (Å²) in [7, 11) is 0. The average molecular weight is 215 g/mol. The molecule has 2 rings (SSSR count). The van der Waals surface area contributed by atoms with Gasteiger partial charge in [0.15, 0.2) is 0 Å². The van der Waals surface area contributed by atoms with Crippen molar-refractivity contribution in [3.05, 3.63) is 29.6 Å². The van der Waals surface area contributed by atoms with Crippen LogP contribution in [0.5, 0.6) is 0 Å². The van der Waals surface area contributed by atoms with Crippen LogP contribution in [0.4, 0.5) is 13.2 Å². The van der Waals surface area contributed by atoms with Gasteiger partial charge in [0.1, 0.15) is 5.69 Å². The molecular weight excluding hydrogens is 203 g/mol. The predicted octanol–water partition coefficient (Wildman–Crippen LogP) is 3.61. The van der Waals surface area contributed by atoms with Gasteiger partial charge in [-0.25, -0.2) is 0 Å². The second kappa shape index (κ2) is 3.51. The van der Waals surface area contributed by atoms with Gasteiger partial charge in [-0.1, -0.05) is 13.0 Å². The molecule has 15 heavy (non-hydrogen) atoms. The van der Waals surface area contributed by atoms with Crippen LogP contribution in [0.2, 0.25) is 0 Å². The highest BCUT2D eigenvalue weighted by Crippen LogP contribution is 2.42. The van der Waals surface area contributed by atoms with Crippen molar-refractivity contribution in [2.24, 2.45) is 5.92 Å². The normalized spacial score (nSPS) is 18.9. The molecule has 82 valence electrons. The zero-order valence-corrected chi connectivity index (χ0v) is 8.38. The molecule has 0 spiro atoms. The Morgan fingerprint density at radius 2 is 2.00 bits per heavy atom. The van der Waals surface area contributed by atoms with E-state index in [2.05, 4.69) is 4.98 Å². The maximum Gasteiger partial charge on any atom is 0.433 e.